The quantitative estimate of drug-likeness (QED) is 0.464. The molecule has 0 saturated carbocycles. The first-order valence-electron chi connectivity index (χ1n) is 2.52. The number of allylic oxidation sites excluding steroid dienone is 2. The van der Waals surface area contributed by atoms with E-state index in [9.17, 15) is 9.59 Å². The first-order chi connectivity index (χ1) is 4.63. The monoisotopic (exact) mass is 348 g/mol. The van der Waals surface area contributed by atoms with E-state index in [-0.39, 0.29) is 27.3 Å². The molecule has 0 spiro atoms. The largest absolute Gasteiger partial charge is 0.501 e. The third-order valence-electron chi connectivity index (χ3n) is 1.08. The molecule has 1 aliphatic carbocycles. The summed E-state index contributed by atoms with van der Waals surface area (Å²) in [6.07, 6.45) is 1.80. The number of carbonyl (C=O) groups is 2. The number of carbonyl (C=O) groups excluding carboxylic acids is 2. The van der Waals surface area contributed by atoms with Crippen LogP contribution in [-0.2, 0) is 9.59 Å². The zero-order valence-electron chi connectivity index (χ0n) is 5.37. The maximum absolute atomic E-state index is 10.4. The Bertz CT molecular complexity index is 238. The predicted octanol–water partition coefficient (Wildman–Crippen LogP) is -0.359. The van der Waals surface area contributed by atoms with Crippen molar-refractivity contribution in [2.45, 2.75) is 0 Å². The van der Waals surface area contributed by atoms with Crippen LogP contribution in [0.2, 0.25) is 0 Å². The number of ketones is 2. The summed E-state index contributed by atoms with van der Waals surface area (Å²) in [5.41, 5.74) is 0. The van der Waals surface area contributed by atoms with Crippen molar-refractivity contribution in [3.63, 3.8) is 0 Å². The fourth-order valence-corrected chi connectivity index (χ4v) is 0.543. The van der Waals surface area contributed by atoms with Gasteiger partial charge in [-0.1, -0.05) is 0 Å². The van der Waals surface area contributed by atoms with Gasteiger partial charge in [0.25, 0.3) is 0 Å². The van der Waals surface area contributed by atoms with E-state index in [1.807, 2.05) is 0 Å². The van der Waals surface area contributed by atoms with Gasteiger partial charge in [0.15, 0.2) is 0 Å². The van der Waals surface area contributed by atoms with Crippen molar-refractivity contribution in [1.29, 1.82) is 0 Å². The fourth-order valence-electron chi connectivity index (χ4n) is 0.543. The molecule has 0 fully saturated rings. The van der Waals surface area contributed by atoms with E-state index in [1.165, 1.54) is 0 Å². The van der Waals surface area contributed by atoms with Crippen LogP contribution in [0.5, 0.6) is 0 Å². The van der Waals surface area contributed by atoms with Crippen molar-refractivity contribution in [2.24, 2.45) is 0 Å². The van der Waals surface area contributed by atoms with Crippen molar-refractivity contribution in [1.82, 2.24) is 0 Å². The molecule has 56 valence electrons. The van der Waals surface area contributed by atoms with Crippen LogP contribution < -0.4 is 0 Å². The van der Waals surface area contributed by atoms with Crippen LogP contribution in [0.3, 0.4) is 0 Å². The molecule has 11 heavy (non-hydrogen) atoms. The first-order valence-corrected chi connectivity index (χ1v) is 2.52. The first kappa shape index (κ1) is 10.3. The number of hydrogen-bond donors (Lipinski definition) is 2. The van der Waals surface area contributed by atoms with E-state index in [2.05, 4.69) is 0 Å². The standard InChI is InChI=1S/C6H4O4.Pb/c7-3-1-2-4(8)6(10)5(3)9;/h1-2,9-10H;. The molecule has 0 aromatic heterocycles. The summed E-state index contributed by atoms with van der Waals surface area (Å²) in [4.78, 5) is 20.9. The second kappa shape index (κ2) is 3.65. The van der Waals surface area contributed by atoms with Crippen LogP contribution >= 0.6 is 0 Å². The van der Waals surface area contributed by atoms with Gasteiger partial charge in [-0.05, 0) is 12.2 Å². The molecule has 0 aliphatic heterocycles. The molecule has 0 bridgehead atoms. The zero-order chi connectivity index (χ0) is 7.72. The van der Waals surface area contributed by atoms with Gasteiger partial charge in [-0.2, -0.15) is 0 Å². The van der Waals surface area contributed by atoms with Crippen LogP contribution in [0, 0.1) is 0 Å². The molecular weight excluding hydrogens is 343 g/mol. The van der Waals surface area contributed by atoms with Crippen LogP contribution in [0.15, 0.2) is 23.7 Å². The van der Waals surface area contributed by atoms with Crippen molar-refractivity contribution in [3.8, 4) is 0 Å². The summed E-state index contributed by atoms with van der Waals surface area (Å²) in [5.74, 6) is -3.27. The van der Waals surface area contributed by atoms with Crippen LogP contribution in [0.1, 0.15) is 0 Å². The molecule has 0 aromatic carbocycles. The average Bonchev–Trinajstić information content (AvgIpc) is 1.93. The molecule has 0 atom stereocenters. The Morgan fingerprint density at radius 2 is 1.18 bits per heavy atom. The summed E-state index contributed by atoms with van der Waals surface area (Å²) in [5, 5.41) is 17.2. The minimum absolute atomic E-state index is 0. The Balaban J connectivity index is 0.000001000. The SMILES string of the molecule is O=C1C=CC(=O)C(O)=C1O.[Pb]. The van der Waals surface area contributed by atoms with Crippen LogP contribution in [0.4, 0.5) is 0 Å². The molecule has 2 N–H and O–H groups in total. The second-order valence-corrected chi connectivity index (χ2v) is 1.76. The number of rotatable bonds is 0. The summed E-state index contributed by atoms with van der Waals surface area (Å²) in [7, 11) is 0. The van der Waals surface area contributed by atoms with Gasteiger partial charge < -0.3 is 10.2 Å². The smallest absolute Gasteiger partial charge is 0.224 e. The number of aliphatic hydroxyl groups is 2. The Kier molecular flexibility index (Phi) is 3.43. The Labute approximate surface area is 82.4 Å². The van der Waals surface area contributed by atoms with Crippen LogP contribution in [0.25, 0.3) is 0 Å². The van der Waals surface area contributed by atoms with Gasteiger partial charge >= 0.3 is 0 Å². The van der Waals surface area contributed by atoms with Gasteiger partial charge in [-0.15, -0.1) is 0 Å². The molecule has 1 rings (SSSR count). The maximum atomic E-state index is 10.4. The van der Waals surface area contributed by atoms with E-state index in [1.54, 1.807) is 0 Å². The normalized spacial score (nSPS) is 16.7. The van der Waals surface area contributed by atoms with E-state index in [0.29, 0.717) is 0 Å². The van der Waals surface area contributed by atoms with E-state index in [0.717, 1.165) is 12.2 Å². The van der Waals surface area contributed by atoms with Crippen molar-refractivity contribution in [3.05, 3.63) is 23.7 Å². The molecule has 1 aliphatic rings. The Morgan fingerprint density at radius 1 is 0.909 bits per heavy atom. The molecule has 0 heterocycles. The molecule has 0 unspecified atom stereocenters. The van der Waals surface area contributed by atoms with Gasteiger partial charge in [-0.3, -0.25) is 9.59 Å². The van der Waals surface area contributed by atoms with Crippen molar-refractivity contribution in [2.75, 3.05) is 0 Å². The third-order valence-corrected chi connectivity index (χ3v) is 1.08. The van der Waals surface area contributed by atoms with E-state index in [4.69, 9.17) is 10.2 Å². The maximum Gasteiger partial charge on any atom is 0.224 e. The van der Waals surface area contributed by atoms with Gasteiger partial charge in [0.05, 0.1) is 0 Å². The molecule has 5 heteroatoms. The summed E-state index contributed by atoms with van der Waals surface area (Å²) >= 11 is 0. The summed E-state index contributed by atoms with van der Waals surface area (Å²) in [6, 6.07) is 0. The van der Waals surface area contributed by atoms with Gasteiger partial charge in [-0.25, -0.2) is 0 Å². The molecule has 4 nitrogen and oxygen atoms in total. The van der Waals surface area contributed by atoms with Gasteiger partial charge in [0.2, 0.25) is 23.1 Å². The van der Waals surface area contributed by atoms with Crippen LogP contribution in [-0.4, -0.2) is 49.1 Å². The van der Waals surface area contributed by atoms with Crippen molar-refractivity contribution < 1.29 is 19.8 Å². The second-order valence-electron chi connectivity index (χ2n) is 1.76. The Morgan fingerprint density at radius 3 is 1.45 bits per heavy atom. The predicted molar refractivity (Wildman–Crippen MR) is 37.2 cm³/mol. The zero-order valence-corrected chi connectivity index (χ0v) is 9.25. The molecule has 4 radical (unpaired) electrons. The average molecular weight is 347 g/mol. The Hall–Kier alpha value is -0.658. The summed E-state index contributed by atoms with van der Waals surface area (Å²) in [6.45, 7) is 0. The molecular formula is C6H4O4Pb. The fraction of sp³-hybridized carbons (Fsp3) is 0. The van der Waals surface area contributed by atoms with E-state index >= 15 is 0 Å². The molecule has 0 saturated heterocycles. The van der Waals surface area contributed by atoms with E-state index < -0.39 is 23.1 Å². The van der Waals surface area contributed by atoms with Gasteiger partial charge in [0, 0.05) is 27.3 Å². The number of hydrogen-bond acceptors (Lipinski definition) is 4. The molecule has 0 amide bonds. The number of aliphatic hydroxyl groups excluding tert-OH is 2. The topological polar surface area (TPSA) is 74.6 Å². The minimum Gasteiger partial charge on any atom is -0.501 e. The summed E-state index contributed by atoms with van der Waals surface area (Å²) < 4.78 is 0. The minimum atomic E-state index is -0.882. The van der Waals surface area contributed by atoms with Gasteiger partial charge in [0.1, 0.15) is 0 Å². The third kappa shape index (κ3) is 1.89. The van der Waals surface area contributed by atoms with Crippen molar-refractivity contribution >= 4 is 38.9 Å². The molecule has 0 aromatic rings.